The lowest BCUT2D eigenvalue weighted by Crippen LogP contribution is -2.76. The third kappa shape index (κ3) is 4.50. The summed E-state index contributed by atoms with van der Waals surface area (Å²) < 4.78 is 7.43. The van der Waals surface area contributed by atoms with Crippen LogP contribution in [0.4, 0.5) is 0 Å². The Kier molecular flexibility index (Phi) is 6.80. The van der Waals surface area contributed by atoms with Crippen molar-refractivity contribution in [2.75, 3.05) is 11.9 Å². The number of halogens is 4. The summed E-state index contributed by atoms with van der Waals surface area (Å²) in [5.74, 6) is 0.518. The van der Waals surface area contributed by atoms with E-state index in [1.54, 1.807) is 6.92 Å². The first-order valence-electron chi connectivity index (χ1n) is 8.79. The Balaban J connectivity index is 0.000000302. The molecule has 164 valence electrons. The molecule has 0 spiro atoms. The molecule has 2 amide bonds. The smallest absolute Gasteiger partial charge is 0.354 e. The van der Waals surface area contributed by atoms with E-state index in [-0.39, 0.29) is 11.3 Å². The number of hydrogen-bond acceptors (Lipinski definition) is 6. The fourth-order valence-corrected chi connectivity index (χ4v) is 5.97. The molecule has 2 saturated heterocycles. The molecule has 3 atom stereocenters. The van der Waals surface area contributed by atoms with Gasteiger partial charge in [-0.05, 0) is 19.1 Å². The second-order valence-electron chi connectivity index (χ2n) is 7.04. The van der Waals surface area contributed by atoms with Crippen LogP contribution in [0.5, 0.6) is 11.5 Å². The number of rotatable bonds is 4. The molecule has 3 aliphatic heterocycles. The maximum absolute atomic E-state index is 12.8. The van der Waals surface area contributed by atoms with E-state index in [1.807, 2.05) is 24.3 Å². The van der Waals surface area contributed by atoms with Gasteiger partial charge in [-0.1, -0.05) is 62.9 Å². The summed E-state index contributed by atoms with van der Waals surface area (Å²) in [5.41, 5.74) is -1.65. The van der Waals surface area contributed by atoms with Crippen molar-refractivity contribution in [2.24, 2.45) is 0 Å². The molecule has 0 aliphatic carbocycles. The van der Waals surface area contributed by atoms with Crippen LogP contribution >= 0.6 is 62.5 Å². The predicted octanol–water partition coefficient (Wildman–Crippen LogP) is 3.98. The van der Waals surface area contributed by atoms with Crippen LogP contribution in [0.3, 0.4) is 0 Å². The Bertz CT molecular complexity index is 865. The van der Waals surface area contributed by atoms with Gasteiger partial charge in [-0.2, -0.15) is 0 Å². The van der Waals surface area contributed by atoms with E-state index in [0.717, 1.165) is 11.5 Å². The number of nitrogens with zero attached hydrogens (tertiary/aromatic N) is 1. The first-order chi connectivity index (χ1) is 13.9. The zero-order valence-corrected chi connectivity index (χ0v) is 20.6. The minimum absolute atomic E-state index is 0.211. The van der Waals surface area contributed by atoms with Gasteiger partial charge in [0.15, 0.2) is 11.5 Å². The number of nitrogens with one attached hydrogen (secondary N) is 1. The number of thioether (sulfide) groups is 1. The van der Waals surface area contributed by atoms with Crippen LogP contribution < -0.4 is 10.1 Å². The summed E-state index contributed by atoms with van der Waals surface area (Å²) in [7, 11) is 0. The number of benzene rings is 1. The molecule has 0 saturated carbocycles. The van der Waals surface area contributed by atoms with E-state index in [2.05, 4.69) is 21.2 Å². The third-order valence-electron chi connectivity index (χ3n) is 4.73. The van der Waals surface area contributed by atoms with Gasteiger partial charge in [-0.25, -0.2) is 4.79 Å². The standard InChI is InChI=1S/C12H14BrCl3N2O4S.C6H4O/c1-6(19)17-12(9(21)22-5-11(14,15)16)10(2,4-13)23-8-3-7(20)18(8)12;1-2-4-6-5(3-1)7-6/h8H,3-5H2,1-2H3,(H,17,19);1-4H/t8-,10?,12?;/m1./s1. The molecule has 0 bridgehead atoms. The number of carbonyl (C=O) groups excluding carboxylic acids is 3. The topological polar surface area (TPSA) is 88.2 Å². The monoisotopic (exact) mass is 558 g/mol. The quantitative estimate of drug-likeness (QED) is 0.264. The molecular formula is C18H18BrCl3N2O5S. The molecule has 0 aromatic heterocycles. The predicted molar refractivity (Wildman–Crippen MR) is 119 cm³/mol. The van der Waals surface area contributed by atoms with E-state index in [0.29, 0.717) is 11.8 Å². The van der Waals surface area contributed by atoms with Gasteiger partial charge in [0, 0.05) is 12.3 Å². The first kappa shape index (κ1) is 23.8. The summed E-state index contributed by atoms with van der Waals surface area (Å²) >= 11 is 21.6. The van der Waals surface area contributed by atoms with Crippen LogP contribution in [0, 0.1) is 0 Å². The van der Waals surface area contributed by atoms with Crippen LogP contribution in [0.15, 0.2) is 24.3 Å². The molecule has 12 heteroatoms. The summed E-state index contributed by atoms with van der Waals surface area (Å²) in [6.07, 6.45) is 0.298. The molecule has 4 rings (SSSR count). The minimum Gasteiger partial charge on any atom is -0.458 e. The number of amides is 2. The highest BCUT2D eigenvalue weighted by Crippen LogP contribution is 2.56. The second-order valence-corrected chi connectivity index (χ2v) is 11.8. The number of carbonyl (C=O) groups is 3. The minimum atomic E-state index is -1.79. The molecule has 1 aromatic rings. The molecule has 3 aliphatic rings. The van der Waals surface area contributed by atoms with Crippen molar-refractivity contribution >= 4 is 80.3 Å². The lowest BCUT2D eigenvalue weighted by Gasteiger charge is -2.47. The largest absolute Gasteiger partial charge is 0.458 e. The number of β-lactam (4-membered cyclic amide) rings is 1. The summed E-state index contributed by atoms with van der Waals surface area (Å²) in [5, 5.41) is 2.74. The van der Waals surface area contributed by atoms with Gasteiger partial charge in [0.2, 0.25) is 21.3 Å². The zero-order chi connectivity index (χ0) is 22.3. The van der Waals surface area contributed by atoms with Gasteiger partial charge >= 0.3 is 5.97 Å². The normalized spacial score (nSPS) is 28.1. The van der Waals surface area contributed by atoms with Crippen LogP contribution in [-0.4, -0.2) is 54.2 Å². The average Bonchev–Trinajstić information content (AvgIpc) is 3.40. The fourth-order valence-electron chi connectivity index (χ4n) is 3.33. The van der Waals surface area contributed by atoms with Crippen LogP contribution in [0.25, 0.3) is 0 Å². The summed E-state index contributed by atoms with van der Waals surface area (Å²) in [6.45, 7) is 2.54. The lowest BCUT2D eigenvalue weighted by molar-refractivity contribution is -0.177. The maximum atomic E-state index is 12.8. The van der Waals surface area contributed by atoms with Crippen molar-refractivity contribution in [2.45, 2.75) is 39.8 Å². The van der Waals surface area contributed by atoms with E-state index < -0.39 is 32.7 Å². The van der Waals surface area contributed by atoms with E-state index in [4.69, 9.17) is 44.3 Å². The third-order valence-corrected chi connectivity index (χ3v) is 8.16. The van der Waals surface area contributed by atoms with Crippen LogP contribution in [0.1, 0.15) is 20.3 Å². The van der Waals surface area contributed by atoms with E-state index >= 15 is 0 Å². The SMILES string of the molecule is CC(=O)NC1(C(=O)OCC(Cl)(Cl)Cl)N2C(=O)C[C@H]2SC1(C)CBr.c1ccc2c(c1)O2. The fraction of sp³-hybridized carbons (Fsp3) is 0.500. The van der Waals surface area contributed by atoms with Crippen molar-refractivity contribution in [3.05, 3.63) is 24.3 Å². The van der Waals surface area contributed by atoms with Gasteiger partial charge in [0.05, 0.1) is 16.5 Å². The number of fused-ring (bicyclic) bond motifs is 2. The number of para-hydroxylation sites is 2. The highest BCUT2D eigenvalue weighted by molar-refractivity contribution is 9.09. The van der Waals surface area contributed by atoms with Crippen molar-refractivity contribution in [1.29, 1.82) is 0 Å². The average molecular weight is 561 g/mol. The Labute approximate surface area is 201 Å². The number of ether oxygens (including phenoxy) is 2. The van der Waals surface area contributed by atoms with E-state index in [9.17, 15) is 14.4 Å². The molecule has 3 heterocycles. The molecule has 0 radical (unpaired) electrons. The number of hydrogen-bond donors (Lipinski definition) is 1. The second kappa shape index (κ2) is 8.58. The Morgan fingerprint density at radius 1 is 1.37 bits per heavy atom. The van der Waals surface area contributed by atoms with E-state index in [1.165, 1.54) is 23.6 Å². The van der Waals surface area contributed by atoms with Gasteiger partial charge in [0.1, 0.15) is 6.61 Å². The van der Waals surface area contributed by atoms with Gasteiger partial charge < -0.3 is 14.8 Å². The van der Waals surface area contributed by atoms with Crippen molar-refractivity contribution in [1.82, 2.24) is 10.2 Å². The Morgan fingerprint density at radius 2 is 1.97 bits per heavy atom. The highest BCUT2D eigenvalue weighted by atomic mass is 79.9. The number of esters is 1. The maximum Gasteiger partial charge on any atom is 0.354 e. The molecule has 30 heavy (non-hydrogen) atoms. The lowest BCUT2D eigenvalue weighted by atomic mass is 9.89. The van der Waals surface area contributed by atoms with Gasteiger partial charge in [-0.3, -0.25) is 14.5 Å². The molecule has 7 nitrogen and oxygen atoms in total. The molecule has 1 aromatic carbocycles. The molecule has 1 N–H and O–H groups in total. The van der Waals surface area contributed by atoms with Crippen molar-refractivity contribution in [3.63, 3.8) is 0 Å². The van der Waals surface area contributed by atoms with Crippen LogP contribution in [0.2, 0.25) is 0 Å². The van der Waals surface area contributed by atoms with Crippen molar-refractivity contribution in [3.8, 4) is 11.5 Å². The Hall–Kier alpha value is -0.870. The molecule has 2 unspecified atom stereocenters. The molecule has 2 fully saturated rings. The van der Waals surface area contributed by atoms with Gasteiger partial charge in [0.25, 0.3) is 0 Å². The first-order valence-corrected chi connectivity index (χ1v) is 11.9. The van der Waals surface area contributed by atoms with Crippen LogP contribution in [-0.2, 0) is 19.1 Å². The zero-order valence-electron chi connectivity index (χ0n) is 15.9. The Morgan fingerprint density at radius 3 is 2.40 bits per heavy atom. The summed E-state index contributed by atoms with van der Waals surface area (Å²) in [4.78, 5) is 38.0. The van der Waals surface area contributed by atoms with Gasteiger partial charge in [-0.15, -0.1) is 11.8 Å². The summed E-state index contributed by atoms with van der Waals surface area (Å²) in [6, 6.07) is 7.84. The molecular weight excluding hydrogens is 543 g/mol. The van der Waals surface area contributed by atoms with Crippen molar-refractivity contribution < 1.29 is 23.9 Å². The highest BCUT2D eigenvalue weighted by Gasteiger charge is 2.72. The number of alkyl halides is 4.